The molecule has 0 aliphatic rings. The topological polar surface area (TPSA) is 38.7 Å². The molecular weight excluding hydrogens is 120 g/mol. The Kier molecular flexibility index (Phi) is 4.67. The Labute approximate surface area is 55.6 Å². The number of hydrogen-bond donors (Lipinski definition) is 1. The fraction of sp³-hybridized carbons (Fsp3) is 1.00. The molecule has 56 valence electrons. The van der Waals surface area contributed by atoms with Gasteiger partial charge in [0.15, 0.2) is 6.29 Å². The van der Waals surface area contributed by atoms with Gasteiger partial charge >= 0.3 is 0 Å². The molecule has 0 bridgehead atoms. The zero-order valence-corrected chi connectivity index (χ0v) is 6.13. The van der Waals surface area contributed by atoms with E-state index in [2.05, 4.69) is 0 Å². The van der Waals surface area contributed by atoms with Crippen LogP contribution in [0.5, 0.6) is 0 Å². The van der Waals surface area contributed by atoms with Crippen molar-refractivity contribution >= 4 is 0 Å². The van der Waals surface area contributed by atoms with Crippen molar-refractivity contribution in [3.8, 4) is 0 Å². The average Bonchev–Trinajstić information content (AvgIpc) is 1.90. The van der Waals surface area contributed by atoms with Crippen molar-refractivity contribution in [2.75, 3.05) is 20.8 Å². The lowest BCUT2D eigenvalue weighted by Crippen LogP contribution is -2.24. The lowest BCUT2D eigenvalue weighted by atomic mass is 10.2. The minimum atomic E-state index is -0.282. The van der Waals surface area contributed by atoms with Crippen LogP contribution in [-0.4, -0.2) is 32.2 Å². The van der Waals surface area contributed by atoms with E-state index in [1.54, 1.807) is 14.2 Å². The Balaban J connectivity index is 3.50. The second-order valence-corrected chi connectivity index (χ2v) is 2.00. The quantitative estimate of drug-likeness (QED) is 0.559. The SMILES string of the molecule is COC(OC)[C@@H](C)CO. The zero-order valence-electron chi connectivity index (χ0n) is 6.13. The minimum Gasteiger partial charge on any atom is -0.396 e. The van der Waals surface area contributed by atoms with Crippen LogP contribution in [0, 0.1) is 5.92 Å². The molecular formula is C6H14O3. The van der Waals surface area contributed by atoms with Gasteiger partial charge < -0.3 is 14.6 Å². The van der Waals surface area contributed by atoms with Gasteiger partial charge in [0.2, 0.25) is 0 Å². The molecule has 0 heterocycles. The summed E-state index contributed by atoms with van der Waals surface area (Å²) in [5.74, 6) is 0.0417. The maximum Gasteiger partial charge on any atom is 0.161 e. The van der Waals surface area contributed by atoms with Crippen LogP contribution in [0.25, 0.3) is 0 Å². The maximum absolute atomic E-state index is 8.61. The van der Waals surface area contributed by atoms with E-state index in [0.29, 0.717) is 0 Å². The van der Waals surface area contributed by atoms with E-state index in [1.807, 2.05) is 6.92 Å². The summed E-state index contributed by atoms with van der Waals surface area (Å²) in [7, 11) is 3.11. The Morgan fingerprint density at radius 1 is 1.33 bits per heavy atom. The average molecular weight is 134 g/mol. The van der Waals surface area contributed by atoms with Crippen molar-refractivity contribution in [3.05, 3.63) is 0 Å². The highest BCUT2D eigenvalue weighted by molar-refractivity contribution is 4.52. The number of ether oxygens (including phenoxy) is 2. The maximum atomic E-state index is 8.61. The molecule has 0 saturated heterocycles. The number of rotatable bonds is 4. The summed E-state index contributed by atoms with van der Waals surface area (Å²) in [6, 6.07) is 0. The fourth-order valence-corrected chi connectivity index (χ4v) is 0.647. The van der Waals surface area contributed by atoms with Crippen LogP contribution in [0.2, 0.25) is 0 Å². The van der Waals surface area contributed by atoms with Gasteiger partial charge in [0, 0.05) is 20.1 Å². The summed E-state index contributed by atoms with van der Waals surface area (Å²) in [5.41, 5.74) is 0. The predicted molar refractivity (Wildman–Crippen MR) is 34.1 cm³/mol. The third-order valence-electron chi connectivity index (χ3n) is 1.22. The highest BCUT2D eigenvalue weighted by atomic mass is 16.7. The molecule has 1 N–H and O–H groups in total. The first-order valence-electron chi connectivity index (χ1n) is 2.92. The van der Waals surface area contributed by atoms with Gasteiger partial charge in [0.05, 0.1) is 6.61 Å². The predicted octanol–water partition coefficient (Wildman–Crippen LogP) is 0.234. The molecule has 1 atom stereocenters. The van der Waals surface area contributed by atoms with E-state index in [4.69, 9.17) is 14.6 Å². The first kappa shape index (κ1) is 8.88. The first-order valence-corrected chi connectivity index (χ1v) is 2.92. The van der Waals surface area contributed by atoms with Gasteiger partial charge in [0.25, 0.3) is 0 Å². The summed E-state index contributed by atoms with van der Waals surface area (Å²) < 4.78 is 9.74. The smallest absolute Gasteiger partial charge is 0.161 e. The fourth-order valence-electron chi connectivity index (χ4n) is 0.647. The molecule has 0 aromatic rings. The molecule has 0 aliphatic heterocycles. The largest absolute Gasteiger partial charge is 0.396 e. The van der Waals surface area contributed by atoms with Crippen LogP contribution in [0.1, 0.15) is 6.92 Å². The molecule has 9 heavy (non-hydrogen) atoms. The van der Waals surface area contributed by atoms with Gasteiger partial charge in [-0.2, -0.15) is 0 Å². The third-order valence-corrected chi connectivity index (χ3v) is 1.22. The van der Waals surface area contributed by atoms with Crippen molar-refractivity contribution in [2.24, 2.45) is 5.92 Å². The van der Waals surface area contributed by atoms with Crippen molar-refractivity contribution in [3.63, 3.8) is 0 Å². The Morgan fingerprint density at radius 3 is 1.89 bits per heavy atom. The first-order chi connectivity index (χ1) is 4.26. The monoisotopic (exact) mass is 134 g/mol. The molecule has 0 aliphatic carbocycles. The highest BCUT2D eigenvalue weighted by Crippen LogP contribution is 2.04. The van der Waals surface area contributed by atoms with Gasteiger partial charge in [-0.25, -0.2) is 0 Å². The summed E-state index contributed by atoms with van der Waals surface area (Å²) in [6.07, 6.45) is -0.282. The minimum absolute atomic E-state index is 0.0417. The molecule has 0 aromatic carbocycles. The molecule has 3 heteroatoms. The Morgan fingerprint density at radius 2 is 1.78 bits per heavy atom. The lowest BCUT2D eigenvalue weighted by Gasteiger charge is -2.18. The van der Waals surface area contributed by atoms with Crippen LogP contribution in [0.3, 0.4) is 0 Å². The van der Waals surface area contributed by atoms with Crippen LogP contribution >= 0.6 is 0 Å². The molecule has 0 amide bonds. The number of aliphatic hydroxyl groups is 1. The molecule has 0 spiro atoms. The molecule has 0 aromatic heterocycles. The standard InChI is InChI=1S/C6H14O3/c1-5(4-7)6(8-2)9-3/h5-7H,4H2,1-3H3/t5-/m0/s1. The third kappa shape index (κ3) is 2.79. The van der Waals surface area contributed by atoms with Gasteiger partial charge in [-0.3, -0.25) is 0 Å². The molecule has 0 fully saturated rings. The van der Waals surface area contributed by atoms with Crippen LogP contribution < -0.4 is 0 Å². The van der Waals surface area contributed by atoms with E-state index in [9.17, 15) is 0 Å². The van der Waals surface area contributed by atoms with Crippen LogP contribution in [0.4, 0.5) is 0 Å². The molecule has 3 nitrogen and oxygen atoms in total. The van der Waals surface area contributed by atoms with Crippen LogP contribution in [-0.2, 0) is 9.47 Å². The normalized spacial score (nSPS) is 14.3. The second kappa shape index (κ2) is 4.73. The van der Waals surface area contributed by atoms with E-state index in [0.717, 1.165) is 0 Å². The number of methoxy groups -OCH3 is 2. The summed E-state index contributed by atoms with van der Waals surface area (Å²) >= 11 is 0. The van der Waals surface area contributed by atoms with Crippen LogP contribution in [0.15, 0.2) is 0 Å². The van der Waals surface area contributed by atoms with Gasteiger partial charge in [0.1, 0.15) is 0 Å². The van der Waals surface area contributed by atoms with Crippen molar-refractivity contribution in [1.82, 2.24) is 0 Å². The number of hydrogen-bond acceptors (Lipinski definition) is 3. The molecule has 0 rings (SSSR count). The molecule has 0 unspecified atom stereocenters. The highest BCUT2D eigenvalue weighted by Gasteiger charge is 2.13. The summed E-state index contributed by atoms with van der Waals surface area (Å²) in [5, 5.41) is 8.61. The Bertz CT molecular complexity index is 61.3. The molecule has 0 radical (unpaired) electrons. The Hall–Kier alpha value is -0.120. The van der Waals surface area contributed by atoms with Gasteiger partial charge in [-0.05, 0) is 0 Å². The zero-order chi connectivity index (χ0) is 7.28. The summed E-state index contributed by atoms with van der Waals surface area (Å²) in [4.78, 5) is 0. The van der Waals surface area contributed by atoms with Crippen molar-refractivity contribution in [2.45, 2.75) is 13.2 Å². The van der Waals surface area contributed by atoms with Gasteiger partial charge in [-0.1, -0.05) is 6.92 Å². The van der Waals surface area contributed by atoms with E-state index in [1.165, 1.54) is 0 Å². The molecule has 0 saturated carbocycles. The number of aliphatic hydroxyl groups excluding tert-OH is 1. The van der Waals surface area contributed by atoms with E-state index in [-0.39, 0.29) is 18.8 Å². The van der Waals surface area contributed by atoms with E-state index >= 15 is 0 Å². The van der Waals surface area contributed by atoms with E-state index < -0.39 is 0 Å². The second-order valence-electron chi connectivity index (χ2n) is 2.00. The van der Waals surface area contributed by atoms with Crippen molar-refractivity contribution < 1.29 is 14.6 Å². The lowest BCUT2D eigenvalue weighted by molar-refractivity contribution is -0.141. The van der Waals surface area contributed by atoms with Gasteiger partial charge in [-0.15, -0.1) is 0 Å². The summed E-state index contributed by atoms with van der Waals surface area (Å²) in [6.45, 7) is 1.95. The van der Waals surface area contributed by atoms with Crippen molar-refractivity contribution in [1.29, 1.82) is 0 Å².